The summed E-state index contributed by atoms with van der Waals surface area (Å²) in [6, 6.07) is 10.2. The molecule has 3 aromatic rings. The normalized spacial score (nSPS) is 10.4. The van der Waals surface area contributed by atoms with Gasteiger partial charge in [-0.25, -0.2) is 14.5 Å². The van der Waals surface area contributed by atoms with E-state index in [9.17, 15) is 9.59 Å². The molecule has 0 aliphatic heterocycles. The second kappa shape index (κ2) is 6.33. The third kappa shape index (κ3) is 3.30. The lowest BCUT2D eigenvalue weighted by atomic mass is 10.1. The molecule has 0 spiro atoms. The zero-order valence-corrected chi connectivity index (χ0v) is 12.8. The van der Waals surface area contributed by atoms with Crippen LogP contribution in [-0.2, 0) is 4.79 Å². The topological polar surface area (TPSA) is 97.1 Å². The standard InChI is InChI=1S/C17H14N4O3/c1-11(22)20-15-4-2-3-12(7-15)14-9-19-21(10-14)16-8-13(17(23)24)5-6-18-16/h2-10H,1H3,(H,20,22)(H,23,24). The molecule has 0 aliphatic carbocycles. The van der Waals surface area contributed by atoms with Crippen molar-refractivity contribution in [3.63, 3.8) is 0 Å². The summed E-state index contributed by atoms with van der Waals surface area (Å²) in [5, 5.41) is 16.0. The summed E-state index contributed by atoms with van der Waals surface area (Å²) in [4.78, 5) is 26.3. The van der Waals surface area contributed by atoms with Crippen LogP contribution in [0.3, 0.4) is 0 Å². The van der Waals surface area contributed by atoms with Crippen LogP contribution >= 0.6 is 0 Å². The number of carboxylic acids is 1. The molecule has 120 valence electrons. The molecule has 3 rings (SSSR count). The predicted octanol–water partition coefficient (Wildman–Crippen LogP) is 2.59. The molecule has 0 saturated carbocycles. The second-order valence-corrected chi connectivity index (χ2v) is 5.14. The molecule has 2 aromatic heterocycles. The summed E-state index contributed by atoms with van der Waals surface area (Å²) in [6.45, 7) is 1.45. The predicted molar refractivity (Wildman–Crippen MR) is 88.1 cm³/mol. The molecule has 7 nitrogen and oxygen atoms in total. The van der Waals surface area contributed by atoms with Gasteiger partial charge in [0.05, 0.1) is 11.8 Å². The number of aromatic nitrogens is 3. The fraction of sp³-hybridized carbons (Fsp3) is 0.0588. The Hall–Kier alpha value is -3.48. The molecule has 1 aromatic carbocycles. The Labute approximate surface area is 137 Å². The minimum absolute atomic E-state index is 0.141. The minimum Gasteiger partial charge on any atom is -0.478 e. The van der Waals surface area contributed by atoms with Gasteiger partial charge in [-0.1, -0.05) is 12.1 Å². The van der Waals surface area contributed by atoms with Crippen LogP contribution in [0.15, 0.2) is 55.0 Å². The van der Waals surface area contributed by atoms with E-state index < -0.39 is 5.97 Å². The smallest absolute Gasteiger partial charge is 0.335 e. The lowest BCUT2D eigenvalue weighted by Gasteiger charge is -2.04. The summed E-state index contributed by atoms with van der Waals surface area (Å²) in [6.07, 6.45) is 4.83. The van der Waals surface area contributed by atoms with Crippen LogP contribution in [0.5, 0.6) is 0 Å². The molecule has 7 heteroatoms. The van der Waals surface area contributed by atoms with E-state index in [1.54, 1.807) is 18.5 Å². The van der Waals surface area contributed by atoms with Crippen molar-refractivity contribution in [1.82, 2.24) is 14.8 Å². The van der Waals surface area contributed by atoms with Gasteiger partial charge in [-0.2, -0.15) is 5.10 Å². The summed E-state index contributed by atoms with van der Waals surface area (Å²) in [5.74, 6) is -0.745. The van der Waals surface area contributed by atoms with Gasteiger partial charge in [-0.15, -0.1) is 0 Å². The number of pyridine rings is 1. The Kier molecular flexibility index (Phi) is 4.07. The monoisotopic (exact) mass is 322 g/mol. The first kappa shape index (κ1) is 15.4. The molecule has 0 fully saturated rings. The molecule has 0 unspecified atom stereocenters. The number of rotatable bonds is 4. The first-order valence-corrected chi connectivity index (χ1v) is 7.15. The van der Waals surface area contributed by atoms with E-state index in [-0.39, 0.29) is 11.5 Å². The van der Waals surface area contributed by atoms with Gasteiger partial charge in [0.25, 0.3) is 0 Å². The van der Waals surface area contributed by atoms with Gasteiger partial charge in [0, 0.05) is 30.6 Å². The number of anilines is 1. The second-order valence-electron chi connectivity index (χ2n) is 5.14. The number of benzene rings is 1. The van der Waals surface area contributed by atoms with Crippen LogP contribution in [-0.4, -0.2) is 31.7 Å². The lowest BCUT2D eigenvalue weighted by molar-refractivity contribution is -0.114. The van der Waals surface area contributed by atoms with E-state index >= 15 is 0 Å². The number of carbonyl (C=O) groups excluding carboxylic acids is 1. The number of carboxylic acid groups (broad SMARTS) is 1. The van der Waals surface area contributed by atoms with Crippen LogP contribution in [0.4, 0.5) is 5.69 Å². The van der Waals surface area contributed by atoms with Crippen molar-refractivity contribution in [3.05, 3.63) is 60.6 Å². The first-order valence-electron chi connectivity index (χ1n) is 7.15. The third-order valence-corrected chi connectivity index (χ3v) is 3.33. The van der Waals surface area contributed by atoms with Crippen LogP contribution < -0.4 is 5.32 Å². The molecule has 24 heavy (non-hydrogen) atoms. The van der Waals surface area contributed by atoms with E-state index in [1.807, 2.05) is 18.2 Å². The van der Waals surface area contributed by atoms with Gasteiger partial charge >= 0.3 is 5.97 Å². The molecule has 1 amide bonds. The number of amides is 1. The van der Waals surface area contributed by atoms with E-state index in [2.05, 4.69) is 15.4 Å². The molecule has 2 N–H and O–H groups in total. The van der Waals surface area contributed by atoms with E-state index in [1.165, 1.54) is 29.9 Å². The van der Waals surface area contributed by atoms with Gasteiger partial charge in [0.15, 0.2) is 5.82 Å². The fourth-order valence-electron chi connectivity index (χ4n) is 2.25. The third-order valence-electron chi connectivity index (χ3n) is 3.33. The highest BCUT2D eigenvalue weighted by atomic mass is 16.4. The maximum Gasteiger partial charge on any atom is 0.335 e. The Bertz CT molecular complexity index is 917. The van der Waals surface area contributed by atoms with Crippen molar-refractivity contribution >= 4 is 17.6 Å². The highest BCUT2D eigenvalue weighted by molar-refractivity contribution is 5.89. The van der Waals surface area contributed by atoms with Crippen LogP contribution in [0.2, 0.25) is 0 Å². The average molecular weight is 322 g/mol. The molecule has 0 atom stereocenters. The lowest BCUT2D eigenvalue weighted by Crippen LogP contribution is -2.05. The number of aromatic carboxylic acids is 1. The summed E-state index contributed by atoms with van der Waals surface area (Å²) in [5.41, 5.74) is 2.54. The fourth-order valence-corrected chi connectivity index (χ4v) is 2.25. The Morgan fingerprint density at radius 1 is 1.17 bits per heavy atom. The van der Waals surface area contributed by atoms with Crippen molar-refractivity contribution in [1.29, 1.82) is 0 Å². The minimum atomic E-state index is -1.02. The van der Waals surface area contributed by atoms with Crippen LogP contribution in [0.1, 0.15) is 17.3 Å². The summed E-state index contributed by atoms with van der Waals surface area (Å²) < 4.78 is 1.51. The van der Waals surface area contributed by atoms with Gasteiger partial charge in [-0.3, -0.25) is 4.79 Å². The van der Waals surface area contributed by atoms with Gasteiger partial charge in [-0.05, 0) is 29.8 Å². The molecule has 0 bridgehead atoms. The van der Waals surface area contributed by atoms with Crippen molar-refractivity contribution in [2.75, 3.05) is 5.32 Å². The number of nitrogens with one attached hydrogen (secondary N) is 1. The zero-order valence-electron chi connectivity index (χ0n) is 12.8. The van der Waals surface area contributed by atoms with Crippen molar-refractivity contribution in [3.8, 4) is 16.9 Å². The molecule has 0 radical (unpaired) electrons. The summed E-state index contributed by atoms with van der Waals surface area (Å²) >= 11 is 0. The van der Waals surface area contributed by atoms with Gasteiger partial charge < -0.3 is 10.4 Å². The van der Waals surface area contributed by atoms with Crippen molar-refractivity contribution in [2.45, 2.75) is 6.92 Å². The molecular weight excluding hydrogens is 308 g/mol. The average Bonchev–Trinajstić information content (AvgIpc) is 3.04. The largest absolute Gasteiger partial charge is 0.478 e. The molecule has 0 saturated heterocycles. The first-order chi connectivity index (χ1) is 11.5. The quantitative estimate of drug-likeness (QED) is 0.769. The molecule has 2 heterocycles. The maximum absolute atomic E-state index is 11.2. The Morgan fingerprint density at radius 3 is 2.75 bits per heavy atom. The number of nitrogens with zero attached hydrogens (tertiary/aromatic N) is 3. The van der Waals surface area contributed by atoms with Gasteiger partial charge in [0.2, 0.25) is 5.91 Å². The van der Waals surface area contributed by atoms with Crippen LogP contribution in [0.25, 0.3) is 16.9 Å². The van der Waals surface area contributed by atoms with Crippen molar-refractivity contribution in [2.24, 2.45) is 0 Å². The highest BCUT2D eigenvalue weighted by Gasteiger charge is 2.08. The number of hydrogen-bond donors (Lipinski definition) is 2. The zero-order chi connectivity index (χ0) is 17.1. The van der Waals surface area contributed by atoms with Gasteiger partial charge in [0.1, 0.15) is 0 Å². The van der Waals surface area contributed by atoms with E-state index in [0.717, 1.165) is 11.1 Å². The molecular formula is C17H14N4O3. The van der Waals surface area contributed by atoms with E-state index in [0.29, 0.717) is 11.5 Å². The summed E-state index contributed by atoms with van der Waals surface area (Å²) in [7, 11) is 0. The van der Waals surface area contributed by atoms with E-state index in [4.69, 9.17) is 5.11 Å². The number of hydrogen-bond acceptors (Lipinski definition) is 4. The SMILES string of the molecule is CC(=O)Nc1cccc(-c2cnn(-c3cc(C(=O)O)ccn3)c2)c1. The molecule has 0 aliphatic rings. The van der Waals surface area contributed by atoms with Crippen LogP contribution in [0, 0.1) is 0 Å². The maximum atomic E-state index is 11.2. The number of carbonyl (C=O) groups is 2. The Morgan fingerprint density at radius 2 is 2.00 bits per heavy atom. The highest BCUT2D eigenvalue weighted by Crippen LogP contribution is 2.23. The Balaban J connectivity index is 1.92. The van der Waals surface area contributed by atoms with Crippen molar-refractivity contribution < 1.29 is 14.7 Å².